The molecule has 3 N–H and O–H groups in total. The minimum absolute atomic E-state index is 0.140. The average molecular weight is 219 g/mol. The molecule has 4 nitrogen and oxygen atoms in total. The van der Waals surface area contributed by atoms with Gasteiger partial charge in [-0.2, -0.15) is 0 Å². The molecule has 16 heavy (non-hydrogen) atoms. The van der Waals surface area contributed by atoms with Crippen molar-refractivity contribution in [1.29, 1.82) is 0 Å². The first kappa shape index (κ1) is 12.1. The van der Waals surface area contributed by atoms with Gasteiger partial charge in [-0.3, -0.25) is 4.79 Å². The van der Waals surface area contributed by atoms with Gasteiger partial charge in [-0.25, -0.2) is 0 Å². The van der Waals surface area contributed by atoms with Gasteiger partial charge in [-0.1, -0.05) is 11.8 Å². The summed E-state index contributed by atoms with van der Waals surface area (Å²) < 4.78 is 5.00. The van der Waals surface area contributed by atoms with Gasteiger partial charge < -0.3 is 15.6 Å². The molecule has 0 heterocycles. The number of carboxylic acids is 1. The van der Waals surface area contributed by atoms with Crippen LogP contribution in [0.4, 0.5) is 0 Å². The second kappa shape index (κ2) is 5.79. The van der Waals surface area contributed by atoms with Crippen molar-refractivity contribution in [3.8, 4) is 17.6 Å². The van der Waals surface area contributed by atoms with Crippen LogP contribution in [0.25, 0.3) is 0 Å². The summed E-state index contributed by atoms with van der Waals surface area (Å²) in [5, 5.41) is 8.54. The van der Waals surface area contributed by atoms with E-state index >= 15 is 0 Å². The fourth-order valence-corrected chi connectivity index (χ4v) is 1.02. The molecule has 0 saturated carbocycles. The third kappa shape index (κ3) is 3.64. The first-order valence-corrected chi connectivity index (χ1v) is 4.75. The van der Waals surface area contributed by atoms with E-state index in [-0.39, 0.29) is 6.42 Å². The van der Waals surface area contributed by atoms with Crippen molar-refractivity contribution in [3.63, 3.8) is 0 Å². The largest absolute Gasteiger partial charge is 0.497 e. The van der Waals surface area contributed by atoms with Crippen LogP contribution < -0.4 is 10.5 Å². The number of aliphatic carboxylic acids is 1. The van der Waals surface area contributed by atoms with E-state index in [0.717, 1.165) is 11.3 Å². The molecule has 0 aliphatic rings. The second-order valence-corrected chi connectivity index (χ2v) is 3.18. The van der Waals surface area contributed by atoms with E-state index in [1.165, 1.54) is 0 Å². The summed E-state index contributed by atoms with van der Waals surface area (Å²) in [7, 11) is 1.59. The Labute approximate surface area is 94.0 Å². The van der Waals surface area contributed by atoms with Gasteiger partial charge >= 0.3 is 5.97 Å². The molecule has 0 spiro atoms. The van der Waals surface area contributed by atoms with Crippen molar-refractivity contribution in [2.75, 3.05) is 7.11 Å². The molecule has 4 heteroatoms. The molecular formula is C12H13NO3. The van der Waals surface area contributed by atoms with E-state index in [0.29, 0.717) is 0 Å². The van der Waals surface area contributed by atoms with Crippen molar-refractivity contribution in [1.82, 2.24) is 0 Å². The highest BCUT2D eigenvalue weighted by molar-refractivity contribution is 5.73. The molecule has 1 aromatic rings. The van der Waals surface area contributed by atoms with E-state index in [4.69, 9.17) is 15.6 Å². The molecule has 1 aromatic carbocycles. The van der Waals surface area contributed by atoms with Crippen LogP contribution in [-0.2, 0) is 4.79 Å². The fourth-order valence-electron chi connectivity index (χ4n) is 1.02. The Balaban J connectivity index is 2.59. The van der Waals surface area contributed by atoms with Gasteiger partial charge in [-0.15, -0.1) is 0 Å². The van der Waals surface area contributed by atoms with Crippen molar-refractivity contribution in [3.05, 3.63) is 29.8 Å². The van der Waals surface area contributed by atoms with Gasteiger partial charge in [0.2, 0.25) is 0 Å². The number of benzene rings is 1. The Morgan fingerprint density at radius 1 is 1.50 bits per heavy atom. The van der Waals surface area contributed by atoms with Crippen molar-refractivity contribution in [2.24, 2.45) is 5.73 Å². The summed E-state index contributed by atoms with van der Waals surface area (Å²) in [5.74, 6) is 5.28. The molecule has 0 amide bonds. The van der Waals surface area contributed by atoms with E-state index < -0.39 is 12.0 Å². The van der Waals surface area contributed by atoms with Crippen LogP contribution >= 0.6 is 0 Å². The van der Waals surface area contributed by atoms with Gasteiger partial charge in [0.1, 0.15) is 11.8 Å². The molecule has 84 valence electrons. The highest BCUT2D eigenvalue weighted by Gasteiger charge is 2.08. The number of hydrogen-bond donors (Lipinski definition) is 2. The van der Waals surface area contributed by atoms with Crippen LogP contribution in [0.3, 0.4) is 0 Å². The van der Waals surface area contributed by atoms with Crippen LogP contribution in [0, 0.1) is 11.8 Å². The maximum absolute atomic E-state index is 10.4. The lowest BCUT2D eigenvalue weighted by molar-refractivity contribution is -0.138. The number of rotatable bonds is 3. The van der Waals surface area contributed by atoms with Gasteiger partial charge in [0.05, 0.1) is 7.11 Å². The molecule has 0 aliphatic heterocycles. The zero-order valence-corrected chi connectivity index (χ0v) is 8.93. The second-order valence-electron chi connectivity index (χ2n) is 3.18. The minimum Gasteiger partial charge on any atom is -0.497 e. The van der Waals surface area contributed by atoms with E-state index in [9.17, 15) is 4.79 Å². The third-order valence-electron chi connectivity index (χ3n) is 1.96. The Hall–Kier alpha value is -1.99. The van der Waals surface area contributed by atoms with Gasteiger partial charge in [0.15, 0.2) is 0 Å². The Kier molecular flexibility index (Phi) is 4.37. The highest BCUT2D eigenvalue weighted by Crippen LogP contribution is 2.10. The molecule has 0 saturated heterocycles. The SMILES string of the molecule is COc1ccc(C#CC[C@H](N)C(=O)O)cc1. The summed E-state index contributed by atoms with van der Waals surface area (Å²) >= 11 is 0. The highest BCUT2D eigenvalue weighted by atomic mass is 16.5. The number of carbonyl (C=O) groups is 1. The standard InChI is InChI=1S/C12H13NO3/c1-16-10-7-5-9(6-8-10)3-2-4-11(13)12(14)15/h5-8,11H,4,13H2,1H3,(H,14,15)/t11-/m0/s1. The number of carboxylic acid groups (broad SMARTS) is 1. The lowest BCUT2D eigenvalue weighted by Crippen LogP contribution is -2.29. The molecule has 0 aromatic heterocycles. The molecule has 1 atom stereocenters. The predicted molar refractivity (Wildman–Crippen MR) is 60.1 cm³/mol. The minimum atomic E-state index is -1.04. The Bertz CT molecular complexity index is 414. The zero-order chi connectivity index (χ0) is 12.0. The number of hydrogen-bond acceptors (Lipinski definition) is 3. The molecule has 0 radical (unpaired) electrons. The first-order chi connectivity index (χ1) is 7.63. The lowest BCUT2D eigenvalue weighted by Gasteiger charge is -1.99. The van der Waals surface area contributed by atoms with Crippen LogP contribution in [0.1, 0.15) is 12.0 Å². The average Bonchev–Trinajstić information content (AvgIpc) is 2.29. The van der Waals surface area contributed by atoms with Crippen LogP contribution in [-0.4, -0.2) is 24.2 Å². The smallest absolute Gasteiger partial charge is 0.321 e. The zero-order valence-electron chi connectivity index (χ0n) is 8.93. The Morgan fingerprint density at radius 2 is 2.12 bits per heavy atom. The van der Waals surface area contributed by atoms with Crippen LogP contribution in [0.2, 0.25) is 0 Å². The third-order valence-corrected chi connectivity index (χ3v) is 1.96. The number of ether oxygens (including phenoxy) is 1. The van der Waals surface area contributed by atoms with Crippen molar-refractivity contribution in [2.45, 2.75) is 12.5 Å². The molecule has 1 rings (SSSR count). The quantitative estimate of drug-likeness (QED) is 0.739. The van der Waals surface area contributed by atoms with Crippen LogP contribution in [0.5, 0.6) is 5.75 Å². The summed E-state index contributed by atoms with van der Waals surface area (Å²) in [6.45, 7) is 0. The van der Waals surface area contributed by atoms with Gasteiger partial charge in [0.25, 0.3) is 0 Å². The fraction of sp³-hybridized carbons (Fsp3) is 0.250. The number of methoxy groups -OCH3 is 1. The summed E-state index contributed by atoms with van der Waals surface area (Å²) in [6, 6.07) is 6.27. The number of nitrogens with two attached hydrogens (primary N) is 1. The van der Waals surface area contributed by atoms with Gasteiger partial charge in [-0.05, 0) is 24.3 Å². The maximum Gasteiger partial charge on any atom is 0.321 e. The van der Waals surface area contributed by atoms with Crippen molar-refractivity contribution >= 4 is 5.97 Å². The molecular weight excluding hydrogens is 206 g/mol. The predicted octanol–water partition coefficient (Wildman–Crippen LogP) is 0.849. The van der Waals surface area contributed by atoms with E-state index in [2.05, 4.69) is 11.8 Å². The monoisotopic (exact) mass is 219 g/mol. The summed E-state index contributed by atoms with van der Waals surface area (Å²) in [6.07, 6.45) is 0.140. The van der Waals surface area contributed by atoms with Crippen LogP contribution in [0.15, 0.2) is 24.3 Å². The molecule has 0 fully saturated rings. The normalized spacial score (nSPS) is 11.1. The summed E-state index contributed by atoms with van der Waals surface area (Å²) in [4.78, 5) is 10.4. The molecule has 0 bridgehead atoms. The first-order valence-electron chi connectivity index (χ1n) is 4.75. The van der Waals surface area contributed by atoms with Gasteiger partial charge in [0, 0.05) is 12.0 Å². The molecule has 0 unspecified atom stereocenters. The molecule has 0 aliphatic carbocycles. The Morgan fingerprint density at radius 3 is 2.62 bits per heavy atom. The van der Waals surface area contributed by atoms with E-state index in [1.807, 2.05) is 0 Å². The lowest BCUT2D eigenvalue weighted by atomic mass is 10.2. The van der Waals surface area contributed by atoms with Crippen molar-refractivity contribution < 1.29 is 14.6 Å². The van der Waals surface area contributed by atoms with E-state index in [1.54, 1.807) is 31.4 Å². The summed E-state index contributed by atoms with van der Waals surface area (Å²) in [5.41, 5.74) is 6.11. The topological polar surface area (TPSA) is 72.5 Å². The maximum atomic E-state index is 10.4.